The van der Waals surface area contributed by atoms with E-state index in [1.54, 1.807) is 0 Å². The second kappa shape index (κ2) is 2.74. The number of ether oxygens (including phenoxy) is 1. The third kappa shape index (κ3) is 1.46. The number of rotatable bonds is 1. The summed E-state index contributed by atoms with van der Waals surface area (Å²) in [4.78, 5) is 0. The van der Waals surface area contributed by atoms with Crippen LogP contribution in [0.25, 0.3) is 0 Å². The Morgan fingerprint density at radius 3 is 2.75 bits per heavy atom. The zero-order chi connectivity index (χ0) is 8.60. The van der Waals surface area contributed by atoms with Crippen LogP contribution < -0.4 is 0 Å². The summed E-state index contributed by atoms with van der Waals surface area (Å²) in [6.07, 6.45) is 10.6. The predicted octanol–water partition coefficient (Wildman–Crippen LogP) is 2.83. The van der Waals surface area contributed by atoms with Gasteiger partial charge in [-0.2, -0.15) is 0 Å². The molecule has 2 rings (SSSR count). The van der Waals surface area contributed by atoms with Gasteiger partial charge < -0.3 is 4.74 Å². The molecule has 2 aliphatic rings. The van der Waals surface area contributed by atoms with E-state index in [1.165, 1.54) is 24.8 Å². The second-order valence-electron chi connectivity index (χ2n) is 4.28. The topological polar surface area (TPSA) is 9.23 Å². The minimum Gasteiger partial charge on any atom is -0.368 e. The van der Waals surface area contributed by atoms with Crippen molar-refractivity contribution in [1.82, 2.24) is 0 Å². The summed E-state index contributed by atoms with van der Waals surface area (Å²) in [7, 11) is 0. The molecule has 1 unspecified atom stereocenters. The third-order valence-corrected chi connectivity index (χ3v) is 2.60. The molecule has 0 aromatic heterocycles. The molecule has 1 aliphatic heterocycles. The van der Waals surface area contributed by atoms with E-state index in [1.807, 2.05) is 0 Å². The Kier molecular flexibility index (Phi) is 1.84. The van der Waals surface area contributed by atoms with Gasteiger partial charge in [0, 0.05) is 6.42 Å². The standard InChI is InChI=1S/C11H16O/c1-11(2)8-10(12-11)9-6-4-3-5-7-9/h3-4,6,10H,5,7-8H2,1-2H3. The fourth-order valence-electron chi connectivity index (χ4n) is 1.92. The van der Waals surface area contributed by atoms with Gasteiger partial charge in [0.2, 0.25) is 0 Å². The molecule has 0 aromatic carbocycles. The molecule has 0 spiro atoms. The third-order valence-electron chi connectivity index (χ3n) is 2.60. The Balaban J connectivity index is 1.95. The highest BCUT2D eigenvalue weighted by Crippen LogP contribution is 2.37. The van der Waals surface area contributed by atoms with E-state index in [2.05, 4.69) is 32.1 Å². The lowest BCUT2D eigenvalue weighted by atomic mass is 9.86. The Morgan fingerprint density at radius 1 is 1.50 bits per heavy atom. The first-order valence-corrected chi connectivity index (χ1v) is 4.71. The van der Waals surface area contributed by atoms with Crippen molar-refractivity contribution in [3.63, 3.8) is 0 Å². The SMILES string of the molecule is CC1(C)CC(C2=CC=CCC2)O1. The lowest BCUT2D eigenvalue weighted by molar-refractivity contribution is -0.167. The van der Waals surface area contributed by atoms with Gasteiger partial charge in [0.1, 0.15) is 0 Å². The Labute approximate surface area is 74.1 Å². The van der Waals surface area contributed by atoms with Crippen molar-refractivity contribution < 1.29 is 4.74 Å². The largest absolute Gasteiger partial charge is 0.368 e. The summed E-state index contributed by atoms with van der Waals surface area (Å²) in [6.45, 7) is 4.31. The van der Waals surface area contributed by atoms with Crippen LogP contribution in [0.2, 0.25) is 0 Å². The van der Waals surface area contributed by atoms with Crippen LogP contribution in [-0.4, -0.2) is 11.7 Å². The minimum absolute atomic E-state index is 0.132. The van der Waals surface area contributed by atoms with Crippen LogP contribution in [0.4, 0.5) is 0 Å². The quantitative estimate of drug-likeness (QED) is 0.579. The Hall–Kier alpha value is -0.560. The first kappa shape index (κ1) is 8.06. The molecule has 12 heavy (non-hydrogen) atoms. The summed E-state index contributed by atoms with van der Waals surface area (Å²) in [5.41, 5.74) is 1.61. The average Bonchev–Trinajstić information content (AvgIpc) is 2.02. The van der Waals surface area contributed by atoms with Crippen LogP contribution in [0.1, 0.15) is 33.1 Å². The summed E-state index contributed by atoms with van der Waals surface area (Å²) in [5.74, 6) is 0. The van der Waals surface area contributed by atoms with Crippen molar-refractivity contribution in [2.45, 2.75) is 44.8 Å². The summed E-state index contributed by atoms with van der Waals surface area (Å²) in [5, 5.41) is 0. The van der Waals surface area contributed by atoms with E-state index in [0.717, 1.165) is 0 Å². The molecule has 1 atom stereocenters. The van der Waals surface area contributed by atoms with Gasteiger partial charge in [-0.1, -0.05) is 18.2 Å². The summed E-state index contributed by atoms with van der Waals surface area (Å²) in [6, 6.07) is 0. The molecule has 1 fully saturated rings. The molecule has 0 bridgehead atoms. The lowest BCUT2D eigenvalue weighted by Crippen LogP contribution is -2.46. The molecule has 0 saturated carbocycles. The van der Waals surface area contributed by atoms with Crippen LogP contribution in [0, 0.1) is 0 Å². The highest BCUT2D eigenvalue weighted by atomic mass is 16.5. The van der Waals surface area contributed by atoms with E-state index in [-0.39, 0.29) is 5.60 Å². The first-order chi connectivity index (χ1) is 5.67. The van der Waals surface area contributed by atoms with Gasteiger partial charge >= 0.3 is 0 Å². The molecule has 66 valence electrons. The average molecular weight is 164 g/mol. The van der Waals surface area contributed by atoms with Crippen LogP contribution >= 0.6 is 0 Å². The monoisotopic (exact) mass is 164 g/mol. The van der Waals surface area contributed by atoms with Gasteiger partial charge in [-0.15, -0.1) is 0 Å². The molecule has 1 heterocycles. The van der Waals surface area contributed by atoms with E-state index in [4.69, 9.17) is 4.74 Å². The summed E-state index contributed by atoms with van der Waals surface area (Å²) >= 11 is 0. The molecule has 1 aliphatic carbocycles. The van der Waals surface area contributed by atoms with E-state index in [9.17, 15) is 0 Å². The van der Waals surface area contributed by atoms with Crippen molar-refractivity contribution in [2.24, 2.45) is 0 Å². The van der Waals surface area contributed by atoms with E-state index in [0.29, 0.717) is 6.10 Å². The molecule has 0 radical (unpaired) electrons. The van der Waals surface area contributed by atoms with Gasteiger partial charge in [-0.25, -0.2) is 0 Å². The highest BCUT2D eigenvalue weighted by Gasteiger charge is 2.38. The van der Waals surface area contributed by atoms with Crippen LogP contribution in [0.5, 0.6) is 0 Å². The normalized spacial score (nSPS) is 32.5. The zero-order valence-corrected chi connectivity index (χ0v) is 7.84. The Morgan fingerprint density at radius 2 is 2.25 bits per heavy atom. The molecule has 0 amide bonds. The number of allylic oxidation sites excluding steroid dienone is 3. The maximum absolute atomic E-state index is 5.76. The maximum atomic E-state index is 5.76. The van der Waals surface area contributed by atoms with Crippen molar-refractivity contribution >= 4 is 0 Å². The van der Waals surface area contributed by atoms with Gasteiger partial charge in [0.05, 0.1) is 11.7 Å². The Bertz CT molecular complexity index is 227. The summed E-state index contributed by atoms with van der Waals surface area (Å²) < 4.78 is 5.76. The molecule has 1 heteroatoms. The second-order valence-corrected chi connectivity index (χ2v) is 4.28. The lowest BCUT2D eigenvalue weighted by Gasteiger charge is -2.44. The molecule has 1 nitrogen and oxygen atoms in total. The number of hydrogen-bond donors (Lipinski definition) is 0. The van der Waals surface area contributed by atoms with Crippen molar-refractivity contribution in [2.75, 3.05) is 0 Å². The van der Waals surface area contributed by atoms with Crippen molar-refractivity contribution in [1.29, 1.82) is 0 Å². The van der Waals surface area contributed by atoms with E-state index < -0.39 is 0 Å². The maximum Gasteiger partial charge on any atom is 0.0822 e. The van der Waals surface area contributed by atoms with E-state index >= 15 is 0 Å². The highest BCUT2D eigenvalue weighted by molar-refractivity contribution is 5.23. The van der Waals surface area contributed by atoms with Gasteiger partial charge in [0.15, 0.2) is 0 Å². The van der Waals surface area contributed by atoms with Crippen molar-refractivity contribution in [3.05, 3.63) is 23.8 Å². The molecular formula is C11H16O. The minimum atomic E-state index is 0.132. The molecule has 0 aromatic rings. The number of hydrogen-bond acceptors (Lipinski definition) is 1. The van der Waals surface area contributed by atoms with Crippen LogP contribution in [-0.2, 0) is 4.74 Å². The fraction of sp³-hybridized carbons (Fsp3) is 0.636. The molecule has 1 saturated heterocycles. The van der Waals surface area contributed by atoms with Crippen LogP contribution in [0.3, 0.4) is 0 Å². The van der Waals surface area contributed by atoms with Gasteiger partial charge in [-0.3, -0.25) is 0 Å². The van der Waals surface area contributed by atoms with Gasteiger partial charge in [0.25, 0.3) is 0 Å². The predicted molar refractivity (Wildman–Crippen MR) is 50.0 cm³/mol. The van der Waals surface area contributed by atoms with Gasteiger partial charge in [-0.05, 0) is 32.3 Å². The first-order valence-electron chi connectivity index (χ1n) is 4.71. The molecule has 0 N–H and O–H groups in total. The smallest absolute Gasteiger partial charge is 0.0822 e. The van der Waals surface area contributed by atoms with Crippen molar-refractivity contribution in [3.8, 4) is 0 Å². The fourth-order valence-corrected chi connectivity index (χ4v) is 1.92. The molecular weight excluding hydrogens is 148 g/mol. The zero-order valence-electron chi connectivity index (χ0n) is 7.84. The van der Waals surface area contributed by atoms with Crippen LogP contribution in [0.15, 0.2) is 23.8 Å².